The Morgan fingerprint density at radius 1 is 1.25 bits per heavy atom. The lowest BCUT2D eigenvalue weighted by Gasteiger charge is -2.24. The van der Waals surface area contributed by atoms with Gasteiger partial charge in [-0.15, -0.1) is 11.3 Å². The van der Waals surface area contributed by atoms with E-state index in [2.05, 4.69) is 26.2 Å². The van der Waals surface area contributed by atoms with E-state index in [4.69, 9.17) is 5.26 Å². The van der Waals surface area contributed by atoms with Gasteiger partial charge in [-0.3, -0.25) is 4.90 Å². The number of anilines is 1. The molecule has 0 radical (unpaired) electrons. The number of aliphatic hydroxyl groups excluding tert-OH is 1. The molecule has 1 aliphatic rings. The Bertz CT molecular complexity index is 707. The summed E-state index contributed by atoms with van der Waals surface area (Å²) in [6.07, 6.45) is 0.546. The molecule has 0 aliphatic carbocycles. The van der Waals surface area contributed by atoms with Gasteiger partial charge in [0.1, 0.15) is 0 Å². The average molecular weight is 342 g/mol. The van der Waals surface area contributed by atoms with E-state index in [9.17, 15) is 5.11 Å². The first-order chi connectivity index (χ1) is 11.7. The summed E-state index contributed by atoms with van der Waals surface area (Å²) in [5.41, 5.74) is 2.56. The van der Waals surface area contributed by atoms with Gasteiger partial charge in [0.15, 0.2) is 5.13 Å². The molecule has 1 aromatic carbocycles. The first-order valence-electron chi connectivity index (χ1n) is 8.23. The predicted molar refractivity (Wildman–Crippen MR) is 96.2 cm³/mol. The van der Waals surface area contributed by atoms with E-state index in [-0.39, 0.29) is 0 Å². The highest BCUT2D eigenvalue weighted by atomic mass is 32.1. The van der Waals surface area contributed by atoms with E-state index in [0.717, 1.165) is 49.0 Å². The minimum absolute atomic E-state index is 0.522. The fourth-order valence-corrected chi connectivity index (χ4v) is 3.82. The van der Waals surface area contributed by atoms with Gasteiger partial charge >= 0.3 is 0 Å². The summed E-state index contributed by atoms with van der Waals surface area (Å²) >= 11 is 1.70. The second-order valence-electron chi connectivity index (χ2n) is 6.16. The third-order valence-corrected chi connectivity index (χ3v) is 5.34. The first-order valence-corrected chi connectivity index (χ1v) is 9.11. The molecule has 1 unspecified atom stereocenters. The monoisotopic (exact) mass is 342 g/mol. The van der Waals surface area contributed by atoms with Gasteiger partial charge in [0.2, 0.25) is 0 Å². The maximum absolute atomic E-state index is 10.5. The Kier molecular flexibility index (Phi) is 5.46. The Balaban J connectivity index is 1.56. The molecule has 6 heteroatoms. The summed E-state index contributed by atoms with van der Waals surface area (Å²) in [6.45, 7) is 6.50. The van der Waals surface area contributed by atoms with Crippen LogP contribution in [0, 0.1) is 18.3 Å². The van der Waals surface area contributed by atoms with Gasteiger partial charge in [-0.25, -0.2) is 4.98 Å². The largest absolute Gasteiger partial charge is 0.387 e. The van der Waals surface area contributed by atoms with Crippen molar-refractivity contribution in [2.75, 3.05) is 37.6 Å². The van der Waals surface area contributed by atoms with Gasteiger partial charge in [-0.2, -0.15) is 5.26 Å². The standard InChI is InChI=1S/C18H22N4OS/c1-14-13-24-18(20-14)22-8-2-7-21(9-10-22)12-17(23)16-5-3-15(11-19)4-6-16/h3-6,13,17,23H,2,7-10,12H2,1H3. The molecule has 1 atom stereocenters. The Morgan fingerprint density at radius 3 is 2.71 bits per heavy atom. The fraction of sp³-hybridized carbons (Fsp3) is 0.444. The van der Waals surface area contributed by atoms with Gasteiger partial charge in [0.25, 0.3) is 0 Å². The van der Waals surface area contributed by atoms with Gasteiger partial charge in [-0.1, -0.05) is 12.1 Å². The average Bonchev–Trinajstić information content (AvgIpc) is 2.90. The van der Waals surface area contributed by atoms with Crippen LogP contribution < -0.4 is 4.90 Å². The molecule has 2 heterocycles. The summed E-state index contributed by atoms with van der Waals surface area (Å²) in [5, 5.41) is 22.5. The topological polar surface area (TPSA) is 63.4 Å². The second kappa shape index (κ2) is 7.75. The Morgan fingerprint density at radius 2 is 2.04 bits per heavy atom. The number of aromatic nitrogens is 1. The number of β-amino-alcohol motifs (C(OH)–C–C–N with tert-alkyl or cyclic N) is 1. The van der Waals surface area contributed by atoms with Crippen molar-refractivity contribution < 1.29 is 5.11 Å². The van der Waals surface area contributed by atoms with Crippen molar-refractivity contribution in [2.24, 2.45) is 0 Å². The van der Waals surface area contributed by atoms with Crippen LogP contribution in [0.1, 0.15) is 29.3 Å². The maximum atomic E-state index is 10.5. The summed E-state index contributed by atoms with van der Waals surface area (Å²) in [6, 6.07) is 9.30. The van der Waals surface area contributed by atoms with Crippen LogP contribution in [0.5, 0.6) is 0 Å². The van der Waals surface area contributed by atoms with Crippen LogP contribution >= 0.6 is 11.3 Å². The predicted octanol–water partition coefficient (Wildman–Crippen LogP) is 2.57. The highest BCUT2D eigenvalue weighted by Gasteiger charge is 2.19. The number of aliphatic hydroxyl groups is 1. The fourth-order valence-electron chi connectivity index (χ4n) is 2.96. The summed E-state index contributed by atoms with van der Waals surface area (Å²) in [4.78, 5) is 9.22. The van der Waals surface area contributed by atoms with Crippen molar-refractivity contribution in [3.05, 3.63) is 46.5 Å². The van der Waals surface area contributed by atoms with E-state index >= 15 is 0 Å². The van der Waals surface area contributed by atoms with Crippen LogP contribution in [0.4, 0.5) is 5.13 Å². The first kappa shape index (κ1) is 16.9. The number of hydrogen-bond acceptors (Lipinski definition) is 6. The molecule has 5 nitrogen and oxygen atoms in total. The zero-order valence-corrected chi connectivity index (χ0v) is 14.7. The number of nitrogens with zero attached hydrogens (tertiary/aromatic N) is 4. The Hall–Kier alpha value is -1.94. The van der Waals surface area contributed by atoms with Gasteiger partial charge in [0.05, 0.1) is 23.4 Å². The maximum Gasteiger partial charge on any atom is 0.185 e. The van der Waals surface area contributed by atoms with E-state index in [1.54, 1.807) is 23.5 Å². The molecule has 1 aromatic heterocycles. The van der Waals surface area contributed by atoms with Crippen molar-refractivity contribution in [1.29, 1.82) is 5.26 Å². The molecule has 24 heavy (non-hydrogen) atoms. The van der Waals surface area contributed by atoms with Crippen LogP contribution in [0.15, 0.2) is 29.6 Å². The van der Waals surface area contributed by atoms with Gasteiger partial charge in [0, 0.05) is 38.1 Å². The zero-order valence-electron chi connectivity index (χ0n) is 13.9. The van der Waals surface area contributed by atoms with E-state index in [0.29, 0.717) is 12.1 Å². The van der Waals surface area contributed by atoms with Crippen molar-refractivity contribution in [1.82, 2.24) is 9.88 Å². The van der Waals surface area contributed by atoms with E-state index in [1.807, 2.05) is 19.1 Å². The molecule has 0 spiro atoms. The SMILES string of the molecule is Cc1csc(N2CCCN(CC(O)c3ccc(C#N)cc3)CC2)n1. The third kappa shape index (κ3) is 4.12. The number of rotatable bonds is 4. The van der Waals surface area contributed by atoms with Crippen molar-refractivity contribution in [3.8, 4) is 6.07 Å². The molecule has 0 saturated carbocycles. The molecule has 0 amide bonds. The van der Waals surface area contributed by atoms with Crippen molar-refractivity contribution in [2.45, 2.75) is 19.4 Å². The number of aryl methyl sites for hydroxylation is 1. The molecule has 1 aliphatic heterocycles. The summed E-state index contributed by atoms with van der Waals surface area (Å²) < 4.78 is 0. The highest BCUT2D eigenvalue weighted by molar-refractivity contribution is 7.13. The number of thiazole rings is 1. The van der Waals surface area contributed by atoms with Crippen LogP contribution in [-0.2, 0) is 0 Å². The number of benzene rings is 1. The number of nitriles is 1. The van der Waals surface area contributed by atoms with E-state index < -0.39 is 6.10 Å². The van der Waals surface area contributed by atoms with Gasteiger partial charge in [-0.05, 0) is 31.0 Å². The summed E-state index contributed by atoms with van der Waals surface area (Å²) in [5.74, 6) is 0. The summed E-state index contributed by atoms with van der Waals surface area (Å²) in [7, 11) is 0. The molecule has 1 fully saturated rings. The normalized spacial score (nSPS) is 17.3. The minimum Gasteiger partial charge on any atom is -0.387 e. The minimum atomic E-state index is -0.522. The molecule has 1 saturated heterocycles. The Labute approximate surface area is 146 Å². The second-order valence-corrected chi connectivity index (χ2v) is 7.00. The lowest BCUT2D eigenvalue weighted by atomic mass is 10.1. The molecular formula is C18H22N4OS. The van der Waals surface area contributed by atoms with Crippen LogP contribution in [0.3, 0.4) is 0 Å². The van der Waals surface area contributed by atoms with Crippen LogP contribution in [0.2, 0.25) is 0 Å². The molecule has 2 aromatic rings. The molecule has 126 valence electrons. The molecule has 1 N–H and O–H groups in total. The molecule has 3 rings (SSSR count). The van der Waals surface area contributed by atoms with E-state index in [1.165, 1.54) is 0 Å². The van der Waals surface area contributed by atoms with Crippen molar-refractivity contribution in [3.63, 3.8) is 0 Å². The molecule has 0 bridgehead atoms. The van der Waals surface area contributed by atoms with Crippen LogP contribution in [0.25, 0.3) is 0 Å². The lowest BCUT2D eigenvalue weighted by molar-refractivity contribution is 0.117. The van der Waals surface area contributed by atoms with Crippen molar-refractivity contribution >= 4 is 16.5 Å². The quantitative estimate of drug-likeness (QED) is 0.925. The third-order valence-electron chi connectivity index (χ3n) is 4.32. The van der Waals surface area contributed by atoms with Crippen LogP contribution in [-0.4, -0.2) is 47.7 Å². The smallest absolute Gasteiger partial charge is 0.185 e. The zero-order chi connectivity index (χ0) is 16.9. The van der Waals surface area contributed by atoms with Gasteiger partial charge < -0.3 is 10.0 Å². The molecular weight excluding hydrogens is 320 g/mol. The highest BCUT2D eigenvalue weighted by Crippen LogP contribution is 2.22. The lowest BCUT2D eigenvalue weighted by Crippen LogP contribution is -2.33. The number of hydrogen-bond donors (Lipinski definition) is 1.